The van der Waals surface area contributed by atoms with Gasteiger partial charge in [0.25, 0.3) is 0 Å². The van der Waals surface area contributed by atoms with Crippen LogP contribution in [0.25, 0.3) is 0 Å². The van der Waals surface area contributed by atoms with Crippen LogP contribution in [-0.4, -0.2) is 42.1 Å². The first kappa shape index (κ1) is 17.7. The highest BCUT2D eigenvalue weighted by Crippen LogP contribution is 2.29. The lowest BCUT2D eigenvalue weighted by Gasteiger charge is -2.35. The Morgan fingerprint density at radius 3 is 1.57 bits per heavy atom. The maximum absolute atomic E-state index is 6.69. The van der Waals surface area contributed by atoms with Crippen molar-refractivity contribution in [3.63, 3.8) is 0 Å². The number of hydrogen-bond acceptors (Lipinski definition) is 3. The van der Waals surface area contributed by atoms with Gasteiger partial charge in [-0.2, -0.15) is 0 Å². The molecule has 0 aromatic heterocycles. The van der Waals surface area contributed by atoms with Gasteiger partial charge in [0.05, 0.1) is 25.4 Å². The summed E-state index contributed by atoms with van der Waals surface area (Å²) in [5.74, 6) is 0. The van der Waals surface area contributed by atoms with Crippen LogP contribution in [-0.2, 0) is 13.6 Å². The van der Waals surface area contributed by atoms with Crippen LogP contribution in [0.2, 0.25) is 38.3 Å². The first-order chi connectivity index (χ1) is 9.86. The van der Waals surface area contributed by atoms with Gasteiger partial charge in [-0.1, -0.05) is 25.7 Å². The summed E-state index contributed by atoms with van der Waals surface area (Å²) in [5.41, 5.74) is 0. The third kappa shape index (κ3) is 8.50. The second-order valence-electron chi connectivity index (χ2n) is 8.07. The summed E-state index contributed by atoms with van der Waals surface area (Å²) in [6.07, 6.45) is 9.00. The van der Waals surface area contributed by atoms with E-state index in [-0.39, 0.29) is 0 Å². The van der Waals surface area contributed by atoms with Crippen LogP contribution in [0.4, 0.5) is 0 Å². The molecule has 0 aliphatic carbocycles. The molecule has 0 spiro atoms. The smallest absolute Gasteiger partial charge is 0.176 e. The number of hydrogen-bond donors (Lipinski definition) is 0. The zero-order valence-corrected chi connectivity index (χ0v) is 16.5. The van der Waals surface area contributed by atoms with E-state index < -0.39 is 16.6 Å². The van der Waals surface area contributed by atoms with Gasteiger partial charge in [0, 0.05) is 0 Å². The molecule has 0 aromatic rings. The number of ether oxygens (including phenoxy) is 2. The van der Waals surface area contributed by atoms with Gasteiger partial charge >= 0.3 is 0 Å². The summed E-state index contributed by atoms with van der Waals surface area (Å²) in [7, 11) is -2.93. The Labute approximate surface area is 133 Å². The van der Waals surface area contributed by atoms with Crippen molar-refractivity contribution >= 4 is 16.6 Å². The molecule has 0 amide bonds. The molecule has 2 atom stereocenters. The molecule has 2 aliphatic heterocycles. The predicted octanol–water partition coefficient (Wildman–Crippen LogP) is 4.55. The fraction of sp³-hybridized carbons (Fsp3) is 1.00. The summed E-state index contributed by atoms with van der Waals surface area (Å²) in [4.78, 5) is 0. The van der Waals surface area contributed by atoms with Crippen molar-refractivity contribution in [1.29, 1.82) is 0 Å². The molecule has 2 unspecified atom stereocenters. The molecular formula is C16H34O3Si2. The Kier molecular flexibility index (Phi) is 6.50. The molecule has 5 heteroatoms. The molecule has 2 heterocycles. The lowest BCUT2D eigenvalue weighted by atomic mass is 10.2. The van der Waals surface area contributed by atoms with Gasteiger partial charge in [-0.25, -0.2) is 0 Å². The van der Waals surface area contributed by atoms with E-state index in [0.717, 1.165) is 13.2 Å². The van der Waals surface area contributed by atoms with Crippen LogP contribution in [0.5, 0.6) is 0 Å². The van der Waals surface area contributed by atoms with Crippen LogP contribution in [0.3, 0.4) is 0 Å². The van der Waals surface area contributed by atoms with Crippen molar-refractivity contribution in [3.05, 3.63) is 0 Å². The Morgan fingerprint density at radius 2 is 1.24 bits per heavy atom. The molecule has 0 radical (unpaired) electrons. The molecule has 124 valence electrons. The van der Waals surface area contributed by atoms with E-state index in [1.54, 1.807) is 0 Å². The van der Waals surface area contributed by atoms with Crippen LogP contribution in [0, 0.1) is 0 Å². The lowest BCUT2D eigenvalue weighted by Crippen LogP contribution is -2.44. The Balaban J connectivity index is 1.67. The molecule has 3 nitrogen and oxygen atoms in total. The average Bonchev–Trinajstić information content (AvgIpc) is 3.23. The van der Waals surface area contributed by atoms with Crippen LogP contribution in [0.1, 0.15) is 38.5 Å². The quantitative estimate of drug-likeness (QED) is 0.299. The Hall–Kier alpha value is 0.314. The van der Waals surface area contributed by atoms with E-state index in [1.165, 1.54) is 50.6 Å². The number of epoxide rings is 2. The summed E-state index contributed by atoms with van der Waals surface area (Å²) in [6, 6.07) is 2.67. The minimum atomic E-state index is -1.51. The van der Waals surface area contributed by atoms with Gasteiger partial charge in [0.1, 0.15) is 0 Å². The van der Waals surface area contributed by atoms with E-state index in [4.69, 9.17) is 13.6 Å². The maximum Gasteiger partial charge on any atom is 0.176 e. The van der Waals surface area contributed by atoms with E-state index in [9.17, 15) is 0 Å². The molecule has 2 rings (SSSR count). The molecule has 0 bridgehead atoms. The van der Waals surface area contributed by atoms with Crippen molar-refractivity contribution < 1.29 is 13.6 Å². The average molecular weight is 331 g/mol. The molecule has 0 N–H and O–H groups in total. The highest BCUT2D eigenvalue weighted by atomic mass is 28.4. The third-order valence-electron chi connectivity index (χ3n) is 4.32. The molecule has 21 heavy (non-hydrogen) atoms. The molecular weight excluding hydrogens is 296 g/mol. The van der Waals surface area contributed by atoms with Gasteiger partial charge in [-0.3, -0.25) is 0 Å². The lowest BCUT2D eigenvalue weighted by molar-refractivity contribution is 0.389. The predicted molar refractivity (Wildman–Crippen MR) is 92.8 cm³/mol. The van der Waals surface area contributed by atoms with Crippen LogP contribution < -0.4 is 0 Å². The zero-order valence-electron chi connectivity index (χ0n) is 14.5. The first-order valence-corrected chi connectivity index (χ1v) is 15.0. The van der Waals surface area contributed by atoms with Crippen molar-refractivity contribution in [2.24, 2.45) is 0 Å². The van der Waals surface area contributed by atoms with Crippen LogP contribution >= 0.6 is 0 Å². The zero-order chi connectivity index (χ0) is 15.3. The third-order valence-corrected chi connectivity index (χ3v) is 11.6. The molecule has 0 saturated carbocycles. The van der Waals surface area contributed by atoms with Gasteiger partial charge in [-0.05, 0) is 51.1 Å². The summed E-state index contributed by atoms with van der Waals surface area (Å²) in [6.45, 7) is 11.5. The van der Waals surface area contributed by atoms with Crippen LogP contribution in [0.15, 0.2) is 0 Å². The molecule has 2 saturated heterocycles. The highest BCUT2D eigenvalue weighted by molar-refractivity contribution is 6.84. The summed E-state index contributed by atoms with van der Waals surface area (Å²) < 4.78 is 17.3. The Morgan fingerprint density at radius 1 is 0.810 bits per heavy atom. The monoisotopic (exact) mass is 330 g/mol. The summed E-state index contributed by atoms with van der Waals surface area (Å²) >= 11 is 0. The van der Waals surface area contributed by atoms with Crippen molar-refractivity contribution in [3.8, 4) is 0 Å². The van der Waals surface area contributed by atoms with Gasteiger partial charge < -0.3 is 13.6 Å². The second kappa shape index (κ2) is 7.73. The van der Waals surface area contributed by atoms with Gasteiger partial charge in [0.2, 0.25) is 0 Å². The van der Waals surface area contributed by atoms with E-state index in [1.807, 2.05) is 0 Å². The Bertz CT molecular complexity index is 289. The normalized spacial score (nSPS) is 27.4. The standard InChI is InChI=1S/C16H34O3Si2/c1-20(2,3)19-21(4,11-7-5-9-15-13-17-15)12-8-6-10-16-14-18-16/h15-16H,5-14H2,1-4H3. The van der Waals surface area contributed by atoms with Crippen molar-refractivity contribution in [1.82, 2.24) is 0 Å². The van der Waals surface area contributed by atoms with Crippen molar-refractivity contribution in [2.45, 2.75) is 89.0 Å². The fourth-order valence-electron chi connectivity index (χ4n) is 3.18. The van der Waals surface area contributed by atoms with Gasteiger partial charge in [0.15, 0.2) is 16.6 Å². The topological polar surface area (TPSA) is 34.3 Å². The second-order valence-corrected chi connectivity index (χ2v) is 17.0. The minimum Gasteiger partial charge on any atom is -0.456 e. The summed E-state index contributed by atoms with van der Waals surface area (Å²) in [5, 5.41) is 0. The van der Waals surface area contributed by atoms with Crippen molar-refractivity contribution in [2.75, 3.05) is 13.2 Å². The van der Waals surface area contributed by atoms with E-state index in [0.29, 0.717) is 12.2 Å². The largest absolute Gasteiger partial charge is 0.456 e. The number of unbranched alkanes of at least 4 members (excludes halogenated alkanes) is 2. The molecule has 0 aromatic carbocycles. The SMILES string of the molecule is C[Si](C)(C)O[Si](C)(CCCCC1CO1)CCCCC1CO1. The number of rotatable bonds is 12. The maximum atomic E-state index is 6.69. The fourth-order valence-corrected chi connectivity index (χ4v) is 12.2. The van der Waals surface area contributed by atoms with Gasteiger partial charge in [-0.15, -0.1) is 0 Å². The molecule has 2 aliphatic rings. The first-order valence-electron chi connectivity index (χ1n) is 8.80. The highest BCUT2D eigenvalue weighted by Gasteiger charge is 2.34. The van der Waals surface area contributed by atoms with E-state index >= 15 is 0 Å². The molecule has 2 fully saturated rings. The van der Waals surface area contributed by atoms with E-state index in [2.05, 4.69) is 26.2 Å². The minimum absolute atomic E-state index is 0.592.